The molecule has 4 heteroatoms. The maximum atomic E-state index is 14.3. The summed E-state index contributed by atoms with van der Waals surface area (Å²) >= 11 is 0. The van der Waals surface area contributed by atoms with Gasteiger partial charge < -0.3 is 10.4 Å². The van der Waals surface area contributed by atoms with E-state index in [0.29, 0.717) is 35.9 Å². The summed E-state index contributed by atoms with van der Waals surface area (Å²) in [6.07, 6.45) is 5.19. The van der Waals surface area contributed by atoms with Gasteiger partial charge in [0, 0.05) is 17.7 Å². The quantitative estimate of drug-likeness (QED) is 0.878. The van der Waals surface area contributed by atoms with Crippen molar-refractivity contribution in [1.29, 1.82) is 0 Å². The van der Waals surface area contributed by atoms with Crippen LogP contribution in [0.1, 0.15) is 49.3 Å². The van der Waals surface area contributed by atoms with Gasteiger partial charge in [0.15, 0.2) is 0 Å². The van der Waals surface area contributed by atoms with E-state index in [9.17, 15) is 14.3 Å². The molecule has 0 radical (unpaired) electrons. The van der Waals surface area contributed by atoms with Gasteiger partial charge in [0.05, 0.1) is 6.10 Å². The summed E-state index contributed by atoms with van der Waals surface area (Å²) in [4.78, 5) is 11.4. The predicted octanol–water partition coefficient (Wildman–Crippen LogP) is 3.18. The van der Waals surface area contributed by atoms with Crippen LogP contribution in [0.3, 0.4) is 0 Å². The first-order valence-corrected chi connectivity index (χ1v) is 7.95. The largest absolute Gasteiger partial charge is 0.388 e. The van der Waals surface area contributed by atoms with Gasteiger partial charge in [0.25, 0.3) is 0 Å². The highest BCUT2D eigenvalue weighted by atomic mass is 19.1. The number of aliphatic hydroxyl groups is 1. The molecule has 2 N–H and O–H groups in total. The van der Waals surface area contributed by atoms with Crippen LogP contribution in [-0.4, -0.2) is 11.0 Å². The van der Waals surface area contributed by atoms with Gasteiger partial charge in [-0.05, 0) is 54.7 Å². The minimum Gasteiger partial charge on any atom is -0.388 e. The maximum absolute atomic E-state index is 14.3. The van der Waals surface area contributed by atoms with Crippen LogP contribution in [0.4, 0.5) is 10.1 Å². The van der Waals surface area contributed by atoms with Crippen LogP contribution in [0.15, 0.2) is 12.1 Å². The molecular weight excluding hydrogens is 269 g/mol. The third kappa shape index (κ3) is 2.16. The van der Waals surface area contributed by atoms with Crippen LogP contribution < -0.4 is 5.32 Å². The van der Waals surface area contributed by atoms with Crippen LogP contribution in [-0.2, 0) is 11.2 Å². The lowest BCUT2D eigenvalue weighted by atomic mass is 9.95. The van der Waals surface area contributed by atoms with Gasteiger partial charge >= 0.3 is 0 Å². The molecule has 1 aliphatic heterocycles. The lowest BCUT2D eigenvalue weighted by Gasteiger charge is -2.20. The fourth-order valence-electron chi connectivity index (χ4n) is 4.37. The molecule has 2 aliphatic carbocycles. The minimum absolute atomic E-state index is 0.0663. The molecular formula is C17H20FNO2. The first-order valence-electron chi connectivity index (χ1n) is 7.95. The van der Waals surface area contributed by atoms with Gasteiger partial charge in [-0.25, -0.2) is 4.39 Å². The summed E-state index contributed by atoms with van der Waals surface area (Å²) in [5.74, 6) is 0.946. The van der Waals surface area contributed by atoms with Crippen LogP contribution in [0, 0.1) is 23.6 Å². The van der Waals surface area contributed by atoms with Crippen molar-refractivity contribution < 1.29 is 14.3 Å². The number of hydrogen-bond donors (Lipinski definition) is 2. The summed E-state index contributed by atoms with van der Waals surface area (Å²) in [6.45, 7) is 0. The minimum atomic E-state index is -0.693. The number of rotatable bonds is 2. The molecule has 21 heavy (non-hydrogen) atoms. The van der Waals surface area contributed by atoms with Crippen molar-refractivity contribution in [3.8, 4) is 0 Å². The van der Waals surface area contributed by atoms with Gasteiger partial charge in [0.2, 0.25) is 5.91 Å². The molecule has 1 aromatic carbocycles. The molecule has 0 spiro atoms. The fraction of sp³-hybridized carbons (Fsp3) is 0.588. The number of carbonyl (C=O) groups is 1. The molecule has 3 nitrogen and oxygen atoms in total. The number of amides is 1. The maximum Gasteiger partial charge on any atom is 0.224 e. The fourth-order valence-corrected chi connectivity index (χ4v) is 4.37. The molecule has 0 aromatic heterocycles. The summed E-state index contributed by atoms with van der Waals surface area (Å²) in [7, 11) is 0. The SMILES string of the molecule is O=C1CCc2cc(C(O)C3C4CCCCC43)c(F)cc2N1. The number of aliphatic hydroxyl groups excluding tert-OH is 1. The zero-order valence-corrected chi connectivity index (χ0v) is 11.9. The van der Waals surface area contributed by atoms with Crippen LogP contribution >= 0.6 is 0 Å². The smallest absolute Gasteiger partial charge is 0.224 e. The van der Waals surface area contributed by atoms with Crippen LogP contribution in [0.2, 0.25) is 0 Å². The topological polar surface area (TPSA) is 49.3 Å². The van der Waals surface area contributed by atoms with E-state index in [2.05, 4.69) is 5.32 Å². The number of hydrogen-bond acceptors (Lipinski definition) is 2. The van der Waals surface area contributed by atoms with E-state index in [-0.39, 0.29) is 11.8 Å². The Morgan fingerprint density at radius 2 is 1.90 bits per heavy atom. The Hall–Kier alpha value is -1.42. The number of carbonyl (C=O) groups excluding carboxylic acids is 1. The highest BCUT2D eigenvalue weighted by Gasteiger charge is 2.54. The highest BCUT2D eigenvalue weighted by molar-refractivity contribution is 5.93. The molecule has 1 amide bonds. The molecule has 3 unspecified atom stereocenters. The van der Waals surface area contributed by atoms with Crippen molar-refractivity contribution in [3.63, 3.8) is 0 Å². The Kier molecular flexibility index (Phi) is 3.03. The third-order valence-electron chi connectivity index (χ3n) is 5.52. The van der Waals surface area contributed by atoms with Crippen molar-refractivity contribution in [2.75, 3.05) is 5.32 Å². The molecule has 1 aromatic rings. The molecule has 0 bridgehead atoms. The third-order valence-corrected chi connectivity index (χ3v) is 5.52. The van der Waals surface area contributed by atoms with E-state index in [1.165, 1.54) is 31.7 Å². The highest BCUT2D eigenvalue weighted by Crippen LogP contribution is 2.60. The zero-order valence-electron chi connectivity index (χ0n) is 11.9. The van der Waals surface area contributed by atoms with E-state index in [1.807, 2.05) is 0 Å². The number of halogens is 1. The van der Waals surface area contributed by atoms with Gasteiger partial charge in [-0.1, -0.05) is 12.8 Å². The average molecular weight is 289 g/mol. The van der Waals surface area contributed by atoms with Crippen molar-refractivity contribution in [1.82, 2.24) is 0 Å². The summed E-state index contributed by atoms with van der Waals surface area (Å²) < 4.78 is 14.3. The molecule has 0 saturated heterocycles. The molecule has 2 saturated carbocycles. The normalized spacial score (nSPS) is 31.9. The Morgan fingerprint density at radius 3 is 2.62 bits per heavy atom. The lowest BCUT2D eigenvalue weighted by Crippen LogP contribution is -2.20. The van der Waals surface area contributed by atoms with Crippen molar-refractivity contribution in [2.24, 2.45) is 17.8 Å². The average Bonchev–Trinajstić information content (AvgIpc) is 3.20. The second-order valence-electron chi connectivity index (χ2n) is 6.71. The Bertz CT molecular complexity index is 589. The van der Waals surface area contributed by atoms with Crippen LogP contribution in [0.5, 0.6) is 0 Å². The molecule has 1 heterocycles. The van der Waals surface area contributed by atoms with E-state index in [1.54, 1.807) is 6.07 Å². The monoisotopic (exact) mass is 289 g/mol. The Labute approximate surface area is 123 Å². The van der Waals surface area contributed by atoms with Gasteiger partial charge in [-0.3, -0.25) is 4.79 Å². The first-order chi connectivity index (χ1) is 10.1. The van der Waals surface area contributed by atoms with Crippen molar-refractivity contribution in [2.45, 2.75) is 44.6 Å². The molecule has 3 atom stereocenters. The molecule has 2 fully saturated rings. The number of aryl methyl sites for hydroxylation is 1. The number of anilines is 1. The van der Waals surface area contributed by atoms with E-state index in [0.717, 1.165) is 5.56 Å². The van der Waals surface area contributed by atoms with Crippen LogP contribution in [0.25, 0.3) is 0 Å². The number of nitrogens with one attached hydrogen (secondary N) is 1. The number of benzene rings is 1. The second-order valence-corrected chi connectivity index (χ2v) is 6.71. The zero-order chi connectivity index (χ0) is 14.6. The van der Waals surface area contributed by atoms with E-state index in [4.69, 9.17) is 0 Å². The van der Waals surface area contributed by atoms with E-state index >= 15 is 0 Å². The first kappa shape index (κ1) is 13.3. The van der Waals surface area contributed by atoms with Crippen molar-refractivity contribution in [3.05, 3.63) is 29.1 Å². The van der Waals surface area contributed by atoms with Gasteiger partial charge in [-0.15, -0.1) is 0 Å². The van der Waals surface area contributed by atoms with Crippen molar-refractivity contribution >= 4 is 11.6 Å². The summed E-state index contributed by atoms with van der Waals surface area (Å²) in [5, 5.41) is 13.3. The standard InChI is InChI=1S/C17H20FNO2/c18-13-8-14-9(5-6-15(20)19-14)7-12(13)17(21)16-10-3-1-2-4-11(10)16/h7-8,10-11,16-17,21H,1-6H2,(H,19,20). The van der Waals surface area contributed by atoms with Gasteiger partial charge in [-0.2, -0.15) is 0 Å². The molecule has 4 rings (SSSR count). The molecule has 3 aliphatic rings. The van der Waals surface area contributed by atoms with Gasteiger partial charge in [0.1, 0.15) is 5.82 Å². The predicted molar refractivity (Wildman–Crippen MR) is 77.2 cm³/mol. The second kappa shape index (κ2) is 4.80. The summed E-state index contributed by atoms with van der Waals surface area (Å²) in [6, 6.07) is 3.14. The lowest BCUT2D eigenvalue weighted by molar-refractivity contribution is -0.116. The summed E-state index contributed by atoms with van der Waals surface area (Å²) in [5.41, 5.74) is 1.92. The Balaban J connectivity index is 1.61. The van der Waals surface area contributed by atoms with E-state index < -0.39 is 11.9 Å². The Morgan fingerprint density at radius 1 is 1.19 bits per heavy atom. The number of fused-ring (bicyclic) bond motifs is 2. The molecule has 112 valence electrons.